The Balaban J connectivity index is 2.16. The lowest BCUT2D eigenvalue weighted by molar-refractivity contribution is -0.135. The number of nitrogens with zero attached hydrogens (tertiary/aromatic N) is 1. The third kappa shape index (κ3) is 1.65. The van der Waals surface area contributed by atoms with Crippen LogP contribution in [0.3, 0.4) is 0 Å². The maximum absolute atomic E-state index is 12.4. The summed E-state index contributed by atoms with van der Waals surface area (Å²) in [5.41, 5.74) is -0.0327. The summed E-state index contributed by atoms with van der Waals surface area (Å²) < 4.78 is 0. The van der Waals surface area contributed by atoms with Crippen LogP contribution < -0.4 is 5.32 Å². The highest BCUT2D eigenvalue weighted by molar-refractivity contribution is 5.88. The highest BCUT2D eigenvalue weighted by Crippen LogP contribution is 2.42. The molecule has 0 aromatic heterocycles. The maximum atomic E-state index is 12.4. The first-order valence-electron chi connectivity index (χ1n) is 6.47. The van der Waals surface area contributed by atoms with Crippen molar-refractivity contribution in [2.75, 3.05) is 6.67 Å². The Morgan fingerprint density at radius 3 is 2.56 bits per heavy atom. The largest absolute Gasteiger partial charge is 0.325 e. The van der Waals surface area contributed by atoms with Crippen LogP contribution in [0.15, 0.2) is 0 Å². The van der Waals surface area contributed by atoms with E-state index in [0.717, 1.165) is 13.1 Å². The van der Waals surface area contributed by atoms with Crippen LogP contribution in [0.5, 0.6) is 0 Å². The number of rotatable bonds is 2. The van der Waals surface area contributed by atoms with Gasteiger partial charge in [0.25, 0.3) is 0 Å². The van der Waals surface area contributed by atoms with Gasteiger partial charge >= 0.3 is 0 Å². The van der Waals surface area contributed by atoms with Crippen molar-refractivity contribution in [2.45, 2.75) is 65.0 Å². The lowest BCUT2D eigenvalue weighted by Gasteiger charge is -2.35. The van der Waals surface area contributed by atoms with Crippen LogP contribution in [0, 0.1) is 5.41 Å². The van der Waals surface area contributed by atoms with E-state index >= 15 is 0 Å². The number of hydrogen-bond donors (Lipinski definition) is 1. The van der Waals surface area contributed by atoms with Gasteiger partial charge in [-0.05, 0) is 31.6 Å². The van der Waals surface area contributed by atoms with Crippen LogP contribution in [0.2, 0.25) is 0 Å². The molecule has 0 aromatic carbocycles. The Morgan fingerprint density at radius 1 is 1.44 bits per heavy atom. The van der Waals surface area contributed by atoms with E-state index in [1.165, 1.54) is 19.3 Å². The molecule has 1 saturated carbocycles. The summed E-state index contributed by atoms with van der Waals surface area (Å²) in [6.45, 7) is 9.42. The smallest absolute Gasteiger partial charge is 0.243 e. The Hall–Kier alpha value is -0.570. The second-order valence-electron chi connectivity index (χ2n) is 6.19. The van der Waals surface area contributed by atoms with Crippen LogP contribution in [0.4, 0.5) is 0 Å². The minimum atomic E-state index is -0.321. The Bertz CT molecular complexity index is 300. The molecule has 1 aliphatic heterocycles. The zero-order chi connectivity index (χ0) is 12.0. The second-order valence-corrected chi connectivity index (χ2v) is 6.19. The molecule has 2 rings (SSSR count). The number of nitrogens with one attached hydrogen (secondary N) is 1. The quantitative estimate of drug-likeness (QED) is 0.779. The van der Waals surface area contributed by atoms with Crippen LogP contribution >= 0.6 is 0 Å². The van der Waals surface area contributed by atoms with Crippen molar-refractivity contribution in [2.24, 2.45) is 5.41 Å². The highest BCUT2D eigenvalue weighted by Gasteiger charge is 2.48. The van der Waals surface area contributed by atoms with Crippen LogP contribution in [-0.2, 0) is 4.79 Å². The Kier molecular flexibility index (Phi) is 2.77. The van der Waals surface area contributed by atoms with Gasteiger partial charge in [0.15, 0.2) is 0 Å². The van der Waals surface area contributed by atoms with Crippen molar-refractivity contribution < 1.29 is 4.79 Å². The summed E-state index contributed by atoms with van der Waals surface area (Å²) in [5, 5.41) is 3.37. The van der Waals surface area contributed by atoms with E-state index in [1.807, 2.05) is 6.92 Å². The minimum absolute atomic E-state index is 0.288. The summed E-state index contributed by atoms with van der Waals surface area (Å²) in [6.07, 6.45) is 4.53. The first kappa shape index (κ1) is 11.9. The van der Waals surface area contributed by atoms with Crippen molar-refractivity contribution in [3.8, 4) is 0 Å². The fourth-order valence-corrected chi connectivity index (χ4v) is 3.14. The fourth-order valence-electron chi connectivity index (χ4n) is 3.14. The molecule has 1 saturated heterocycles. The monoisotopic (exact) mass is 224 g/mol. The van der Waals surface area contributed by atoms with Gasteiger partial charge in [-0.3, -0.25) is 10.1 Å². The Morgan fingerprint density at radius 2 is 2.12 bits per heavy atom. The van der Waals surface area contributed by atoms with E-state index in [9.17, 15) is 4.79 Å². The molecule has 0 radical (unpaired) electrons. The fraction of sp³-hybridized carbons (Fsp3) is 0.923. The van der Waals surface area contributed by atoms with Gasteiger partial charge in [-0.1, -0.05) is 27.2 Å². The van der Waals surface area contributed by atoms with Gasteiger partial charge in [-0.2, -0.15) is 0 Å². The van der Waals surface area contributed by atoms with E-state index in [1.54, 1.807) is 0 Å². The van der Waals surface area contributed by atoms with Crippen LogP contribution in [0.1, 0.15) is 53.4 Å². The summed E-state index contributed by atoms with van der Waals surface area (Å²) in [7, 11) is 0. The van der Waals surface area contributed by atoms with E-state index in [-0.39, 0.29) is 11.0 Å². The summed E-state index contributed by atoms with van der Waals surface area (Å²) in [5.74, 6) is 0.301. The highest BCUT2D eigenvalue weighted by atomic mass is 16.2. The predicted octanol–water partition coefficient (Wildman–Crippen LogP) is 2.12. The van der Waals surface area contributed by atoms with E-state index in [4.69, 9.17) is 0 Å². The molecule has 1 amide bonds. The first-order valence-corrected chi connectivity index (χ1v) is 6.47. The Labute approximate surface area is 98.6 Å². The van der Waals surface area contributed by atoms with Crippen molar-refractivity contribution in [3.63, 3.8) is 0 Å². The topological polar surface area (TPSA) is 32.3 Å². The second kappa shape index (κ2) is 3.73. The number of carbonyl (C=O) groups is 1. The van der Waals surface area contributed by atoms with Gasteiger partial charge in [-0.25, -0.2) is 0 Å². The maximum Gasteiger partial charge on any atom is 0.243 e. The molecular formula is C13H24N2O. The van der Waals surface area contributed by atoms with Crippen LogP contribution in [0.25, 0.3) is 0 Å². The molecule has 2 fully saturated rings. The molecule has 0 spiro atoms. The molecule has 1 aliphatic carbocycles. The van der Waals surface area contributed by atoms with Crippen molar-refractivity contribution in [3.05, 3.63) is 0 Å². The summed E-state index contributed by atoms with van der Waals surface area (Å²) in [4.78, 5) is 14.5. The molecule has 2 aliphatic rings. The molecule has 16 heavy (non-hydrogen) atoms. The van der Waals surface area contributed by atoms with Gasteiger partial charge in [0.05, 0.1) is 12.2 Å². The molecular weight excluding hydrogens is 200 g/mol. The molecule has 1 heterocycles. The molecule has 0 aromatic rings. The first-order chi connectivity index (χ1) is 7.41. The molecule has 0 bridgehead atoms. The molecule has 1 N–H and O–H groups in total. The minimum Gasteiger partial charge on any atom is -0.325 e. The van der Waals surface area contributed by atoms with Crippen LogP contribution in [-0.4, -0.2) is 29.1 Å². The normalized spacial score (nSPS) is 38.4. The van der Waals surface area contributed by atoms with Gasteiger partial charge in [0.2, 0.25) is 5.91 Å². The zero-order valence-electron chi connectivity index (χ0n) is 11.0. The number of carbonyl (C=O) groups excluding carboxylic acids is 1. The number of amides is 1. The predicted molar refractivity (Wildman–Crippen MR) is 65.0 cm³/mol. The molecule has 3 heteroatoms. The average Bonchev–Trinajstić information content (AvgIpc) is 2.70. The molecule has 2 unspecified atom stereocenters. The SMILES string of the molecule is CCC1(C)NCN(C2CCCC2(C)C)C1=O. The van der Waals surface area contributed by atoms with Crippen molar-refractivity contribution >= 4 is 5.91 Å². The lowest BCUT2D eigenvalue weighted by atomic mass is 9.86. The summed E-state index contributed by atoms with van der Waals surface area (Å²) >= 11 is 0. The molecule has 2 atom stereocenters. The zero-order valence-corrected chi connectivity index (χ0v) is 11.0. The van der Waals surface area contributed by atoms with Crippen molar-refractivity contribution in [1.29, 1.82) is 0 Å². The van der Waals surface area contributed by atoms with Gasteiger partial charge < -0.3 is 4.90 Å². The summed E-state index contributed by atoms with van der Waals surface area (Å²) in [6, 6.07) is 0.431. The van der Waals surface area contributed by atoms with E-state index in [0.29, 0.717) is 11.9 Å². The van der Waals surface area contributed by atoms with Gasteiger partial charge in [0, 0.05) is 6.04 Å². The molecule has 92 valence electrons. The van der Waals surface area contributed by atoms with Gasteiger partial charge in [0.1, 0.15) is 0 Å². The third-order valence-corrected chi connectivity index (χ3v) is 4.66. The van der Waals surface area contributed by atoms with E-state index in [2.05, 4.69) is 31.0 Å². The number of hydrogen-bond acceptors (Lipinski definition) is 2. The third-order valence-electron chi connectivity index (χ3n) is 4.66. The average molecular weight is 224 g/mol. The van der Waals surface area contributed by atoms with Crippen molar-refractivity contribution in [1.82, 2.24) is 10.2 Å². The van der Waals surface area contributed by atoms with E-state index < -0.39 is 0 Å². The van der Waals surface area contributed by atoms with Gasteiger partial charge in [-0.15, -0.1) is 0 Å². The lowest BCUT2D eigenvalue weighted by Crippen LogP contribution is -2.47. The standard InChI is InChI=1S/C13H24N2O/c1-5-13(4)11(16)15(9-14-13)10-7-6-8-12(10,2)3/h10,14H,5-9H2,1-4H3. The molecule has 3 nitrogen and oxygen atoms in total.